The molecule has 0 aromatic heterocycles. The fourth-order valence-electron chi connectivity index (χ4n) is 5.34. The van der Waals surface area contributed by atoms with E-state index in [9.17, 15) is 27.6 Å². The number of likely N-dealkylation sites (tertiary alicyclic amines) is 1. The number of rotatable bonds is 8. The average molecular weight is 560 g/mol. The lowest BCUT2D eigenvalue weighted by atomic mass is 10.1. The van der Waals surface area contributed by atoms with E-state index in [2.05, 4.69) is 34.3 Å². The SMILES string of the molecule is CC1CN(C(=O)c2ccccc2)C(C)CN1CCN1CCC(NC(=O)CNC(=O)c2cccc(C(F)(F)F)c2)C1. The van der Waals surface area contributed by atoms with Gasteiger partial charge in [0.1, 0.15) is 0 Å². The summed E-state index contributed by atoms with van der Waals surface area (Å²) in [5.41, 5.74) is -0.360. The zero-order chi connectivity index (χ0) is 28.9. The second-order valence-electron chi connectivity index (χ2n) is 10.6. The maximum atomic E-state index is 13.0. The predicted molar refractivity (Wildman–Crippen MR) is 145 cm³/mol. The summed E-state index contributed by atoms with van der Waals surface area (Å²) in [5.74, 6) is -1.05. The molecule has 3 unspecified atom stereocenters. The molecule has 0 radical (unpaired) electrons. The summed E-state index contributed by atoms with van der Waals surface area (Å²) in [7, 11) is 0. The van der Waals surface area contributed by atoms with Gasteiger partial charge in [0.2, 0.25) is 5.91 Å². The molecule has 0 spiro atoms. The van der Waals surface area contributed by atoms with E-state index in [4.69, 9.17) is 0 Å². The molecular weight excluding hydrogens is 523 g/mol. The predicted octanol–water partition coefficient (Wildman–Crippen LogP) is 2.86. The Kier molecular flexibility index (Phi) is 9.47. The van der Waals surface area contributed by atoms with Gasteiger partial charge < -0.3 is 15.5 Å². The Hall–Kier alpha value is -3.44. The first kappa shape index (κ1) is 29.5. The zero-order valence-corrected chi connectivity index (χ0v) is 22.8. The quantitative estimate of drug-likeness (QED) is 0.520. The average Bonchev–Trinajstić information content (AvgIpc) is 3.38. The number of hydrogen-bond donors (Lipinski definition) is 2. The number of hydrogen-bond acceptors (Lipinski definition) is 5. The topological polar surface area (TPSA) is 85.0 Å². The summed E-state index contributed by atoms with van der Waals surface area (Å²) < 4.78 is 38.7. The molecule has 2 aliphatic heterocycles. The van der Waals surface area contributed by atoms with E-state index < -0.39 is 17.6 Å². The Labute approximate surface area is 232 Å². The van der Waals surface area contributed by atoms with Crippen molar-refractivity contribution in [2.75, 3.05) is 45.8 Å². The van der Waals surface area contributed by atoms with E-state index in [0.717, 1.165) is 50.8 Å². The Morgan fingerprint density at radius 2 is 1.62 bits per heavy atom. The molecule has 2 heterocycles. The minimum atomic E-state index is -4.55. The standard InChI is InChI=1S/C29H36F3N5O3/c1-20-18-37(28(40)22-7-4-3-5-8-22)21(2)17-36(20)14-13-35-12-11-25(19-35)34-26(38)16-33-27(39)23-9-6-10-24(15-23)29(30,31)32/h3-10,15,20-21,25H,11-14,16-19H2,1-2H3,(H,33,39)(H,34,38). The molecular formula is C29H36F3N5O3. The summed E-state index contributed by atoms with van der Waals surface area (Å²) in [4.78, 5) is 44.2. The first-order chi connectivity index (χ1) is 19.0. The molecule has 3 amide bonds. The highest BCUT2D eigenvalue weighted by atomic mass is 19.4. The van der Waals surface area contributed by atoms with Gasteiger partial charge in [0.15, 0.2) is 0 Å². The molecule has 3 atom stereocenters. The molecule has 0 saturated carbocycles. The van der Waals surface area contributed by atoms with Gasteiger partial charge in [0.25, 0.3) is 11.8 Å². The van der Waals surface area contributed by atoms with E-state index in [0.29, 0.717) is 18.7 Å². The highest BCUT2D eigenvalue weighted by Gasteiger charge is 2.33. The maximum absolute atomic E-state index is 13.0. The Morgan fingerprint density at radius 1 is 0.900 bits per heavy atom. The lowest BCUT2D eigenvalue weighted by Crippen LogP contribution is -2.59. The van der Waals surface area contributed by atoms with Crippen LogP contribution in [-0.2, 0) is 11.0 Å². The summed E-state index contributed by atoms with van der Waals surface area (Å²) in [6.07, 6.45) is -3.77. The molecule has 0 bridgehead atoms. The van der Waals surface area contributed by atoms with Crippen molar-refractivity contribution in [2.24, 2.45) is 0 Å². The van der Waals surface area contributed by atoms with Gasteiger partial charge in [0.05, 0.1) is 12.1 Å². The van der Waals surface area contributed by atoms with E-state index in [-0.39, 0.29) is 42.0 Å². The molecule has 11 heteroatoms. The minimum absolute atomic E-state index is 0.0590. The molecule has 2 N–H and O–H groups in total. The Balaban J connectivity index is 1.17. The molecule has 2 saturated heterocycles. The van der Waals surface area contributed by atoms with Gasteiger partial charge in [-0.05, 0) is 50.6 Å². The van der Waals surface area contributed by atoms with Gasteiger partial charge in [-0.2, -0.15) is 13.2 Å². The van der Waals surface area contributed by atoms with Gasteiger partial charge >= 0.3 is 6.18 Å². The third-order valence-electron chi connectivity index (χ3n) is 7.60. The largest absolute Gasteiger partial charge is 0.416 e. The van der Waals surface area contributed by atoms with Crippen molar-refractivity contribution >= 4 is 17.7 Å². The number of benzene rings is 2. The van der Waals surface area contributed by atoms with Crippen LogP contribution in [0.2, 0.25) is 0 Å². The van der Waals surface area contributed by atoms with Crippen molar-refractivity contribution in [1.29, 1.82) is 0 Å². The fourth-order valence-corrected chi connectivity index (χ4v) is 5.34. The van der Waals surface area contributed by atoms with Gasteiger partial charge in [0, 0.05) is 68.5 Å². The van der Waals surface area contributed by atoms with Crippen LogP contribution in [-0.4, -0.2) is 96.4 Å². The number of halogens is 3. The van der Waals surface area contributed by atoms with Gasteiger partial charge in [-0.1, -0.05) is 24.3 Å². The number of alkyl halides is 3. The van der Waals surface area contributed by atoms with Crippen LogP contribution in [0, 0.1) is 0 Å². The number of nitrogens with zero attached hydrogens (tertiary/aromatic N) is 3. The number of piperazine rings is 1. The number of carbonyl (C=O) groups excluding carboxylic acids is 3. The van der Waals surface area contributed by atoms with E-state index in [1.165, 1.54) is 6.07 Å². The monoisotopic (exact) mass is 559 g/mol. The zero-order valence-electron chi connectivity index (χ0n) is 22.8. The second-order valence-corrected chi connectivity index (χ2v) is 10.6. The third-order valence-corrected chi connectivity index (χ3v) is 7.60. The maximum Gasteiger partial charge on any atom is 0.416 e. The van der Waals surface area contributed by atoms with Crippen molar-refractivity contribution < 1.29 is 27.6 Å². The van der Waals surface area contributed by atoms with Gasteiger partial charge in [-0.3, -0.25) is 24.2 Å². The van der Waals surface area contributed by atoms with E-state index >= 15 is 0 Å². The molecule has 40 heavy (non-hydrogen) atoms. The summed E-state index contributed by atoms with van der Waals surface area (Å²) >= 11 is 0. The number of carbonyl (C=O) groups is 3. The molecule has 8 nitrogen and oxygen atoms in total. The van der Waals surface area contributed by atoms with E-state index in [1.807, 2.05) is 35.2 Å². The van der Waals surface area contributed by atoms with Crippen LogP contribution in [0.5, 0.6) is 0 Å². The van der Waals surface area contributed by atoms with E-state index in [1.54, 1.807) is 0 Å². The summed E-state index contributed by atoms with van der Waals surface area (Å²) in [6, 6.07) is 13.7. The van der Waals surface area contributed by atoms with Crippen molar-refractivity contribution in [1.82, 2.24) is 25.3 Å². The second kappa shape index (κ2) is 12.8. The lowest BCUT2D eigenvalue weighted by Gasteiger charge is -2.44. The molecule has 2 fully saturated rings. The smallest absolute Gasteiger partial charge is 0.350 e. The summed E-state index contributed by atoms with van der Waals surface area (Å²) in [6.45, 7) is 8.56. The highest BCUT2D eigenvalue weighted by molar-refractivity contribution is 5.96. The van der Waals surface area contributed by atoms with Crippen LogP contribution in [0.15, 0.2) is 54.6 Å². The fraction of sp³-hybridized carbons (Fsp3) is 0.483. The molecule has 0 aliphatic carbocycles. The van der Waals surface area contributed by atoms with Gasteiger partial charge in [-0.15, -0.1) is 0 Å². The summed E-state index contributed by atoms with van der Waals surface area (Å²) in [5, 5.41) is 5.30. The van der Waals surface area contributed by atoms with Crippen LogP contribution >= 0.6 is 0 Å². The lowest BCUT2D eigenvalue weighted by molar-refractivity contribution is -0.137. The molecule has 2 aliphatic rings. The molecule has 2 aromatic rings. The van der Waals surface area contributed by atoms with Crippen LogP contribution in [0.25, 0.3) is 0 Å². The highest BCUT2D eigenvalue weighted by Crippen LogP contribution is 2.29. The van der Waals surface area contributed by atoms with Crippen molar-refractivity contribution in [3.8, 4) is 0 Å². The number of nitrogens with one attached hydrogen (secondary N) is 2. The first-order valence-electron chi connectivity index (χ1n) is 13.6. The normalized spacial score (nSPS) is 22.2. The van der Waals surface area contributed by atoms with Crippen LogP contribution in [0.3, 0.4) is 0 Å². The van der Waals surface area contributed by atoms with Gasteiger partial charge in [-0.25, -0.2) is 0 Å². The molecule has 216 valence electrons. The van der Waals surface area contributed by atoms with Crippen molar-refractivity contribution in [3.05, 3.63) is 71.3 Å². The number of amides is 3. The Bertz CT molecular complexity index is 1190. The van der Waals surface area contributed by atoms with Crippen molar-refractivity contribution in [3.63, 3.8) is 0 Å². The van der Waals surface area contributed by atoms with Crippen LogP contribution in [0.4, 0.5) is 13.2 Å². The first-order valence-corrected chi connectivity index (χ1v) is 13.6. The minimum Gasteiger partial charge on any atom is -0.350 e. The third kappa shape index (κ3) is 7.60. The molecule has 4 rings (SSSR count). The van der Waals surface area contributed by atoms with Crippen LogP contribution < -0.4 is 10.6 Å². The van der Waals surface area contributed by atoms with Crippen LogP contribution in [0.1, 0.15) is 46.5 Å². The van der Waals surface area contributed by atoms with Crippen molar-refractivity contribution in [2.45, 2.75) is 44.6 Å². The molecule has 2 aromatic carbocycles. The Morgan fingerprint density at radius 3 is 2.35 bits per heavy atom.